The van der Waals surface area contributed by atoms with Crippen LogP contribution in [-0.4, -0.2) is 21.7 Å². The number of halogens is 2. The zero-order valence-electron chi connectivity index (χ0n) is 27.2. The van der Waals surface area contributed by atoms with Crippen LogP contribution in [0.4, 0.5) is 0 Å². The minimum absolute atomic E-state index is 0.194. The molecule has 0 radical (unpaired) electrons. The van der Waals surface area contributed by atoms with Crippen LogP contribution in [0.2, 0.25) is 10.0 Å². The molecule has 9 heteroatoms. The van der Waals surface area contributed by atoms with Crippen molar-refractivity contribution in [1.82, 2.24) is 9.13 Å². The molecule has 1 aliphatic rings. The van der Waals surface area contributed by atoms with E-state index in [4.69, 9.17) is 32.9 Å². The molecule has 246 valence electrons. The minimum atomic E-state index is -0.734. The third-order valence-corrected chi connectivity index (χ3v) is 10.3. The molecule has 0 amide bonds. The lowest BCUT2D eigenvalue weighted by molar-refractivity contribution is -0.138. The Kier molecular flexibility index (Phi) is 9.16. The molecule has 0 spiro atoms. The van der Waals surface area contributed by atoms with Gasteiger partial charge in [0.15, 0.2) is 4.80 Å². The smallest absolute Gasteiger partial charge is 0.338 e. The van der Waals surface area contributed by atoms with Crippen LogP contribution in [0.5, 0.6) is 0 Å². The minimum Gasteiger partial charge on any atom is -0.463 e. The van der Waals surface area contributed by atoms with Gasteiger partial charge in [0.2, 0.25) is 0 Å². The molecule has 0 N–H and O–H groups in total. The van der Waals surface area contributed by atoms with Crippen molar-refractivity contribution in [3.8, 4) is 0 Å². The summed E-state index contributed by atoms with van der Waals surface area (Å²) >= 11 is 14.0. The molecule has 0 aliphatic carbocycles. The Morgan fingerprint density at radius 3 is 2.43 bits per heavy atom. The molecule has 0 unspecified atom stereocenters. The Hall–Kier alpha value is -4.69. The second kappa shape index (κ2) is 13.7. The van der Waals surface area contributed by atoms with Crippen molar-refractivity contribution >= 4 is 63.2 Å². The summed E-state index contributed by atoms with van der Waals surface area (Å²) in [6.07, 6.45) is 3.96. The average Bonchev–Trinajstić information content (AvgIpc) is 3.61. The topological polar surface area (TPSA) is 65.6 Å². The van der Waals surface area contributed by atoms with Crippen LogP contribution >= 0.6 is 34.5 Å². The van der Waals surface area contributed by atoms with E-state index in [0.29, 0.717) is 43.1 Å². The fourth-order valence-electron chi connectivity index (χ4n) is 6.31. The van der Waals surface area contributed by atoms with Gasteiger partial charge in [-0.2, -0.15) is 0 Å². The van der Waals surface area contributed by atoms with Gasteiger partial charge in [0.25, 0.3) is 5.56 Å². The zero-order chi connectivity index (χ0) is 34.2. The number of thiazole rings is 1. The maximum Gasteiger partial charge on any atom is 0.338 e. The number of benzene rings is 4. The van der Waals surface area contributed by atoms with Gasteiger partial charge in [-0.3, -0.25) is 9.36 Å². The summed E-state index contributed by atoms with van der Waals surface area (Å²) in [5.74, 6) is -0.171. The van der Waals surface area contributed by atoms with Gasteiger partial charge in [0.1, 0.15) is 0 Å². The number of carbonyl (C=O) groups is 1. The van der Waals surface area contributed by atoms with Crippen LogP contribution in [0.1, 0.15) is 60.5 Å². The maximum atomic E-state index is 14.5. The lowest BCUT2D eigenvalue weighted by Crippen LogP contribution is -2.40. The number of fused-ring (bicyclic) bond motifs is 2. The van der Waals surface area contributed by atoms with Crippen molar-refractivity contribution in [3.05, 3.63) is 166 Å². The van der Waals surface area contributed by atoms with Crippen molar-refractivity contribution in [2.24, 2.45) is 4.99 Å². The van der Waals surface area contributed by atoms with E-state index in [1.165, 1.54) is 11.3 Å². The lowest BCUT2D eigenvalue weighted by Gasteiger charge is -2.26. The van der Waals surface area contributed by atoms with E-state index in [0.717, 1.165) is 38.7 Å². The highest BCUT2D eigenvalue weighted by Gasteiger charge is 2.35. The normalized spacial score (nSPS) is 14.7. The number of hydrogen-bond acceptors (Lipinski definition) is 5. The number of nitrogens with zero attached hydrogens (tertiary/aromatic N) is 3. The van der Waals surface area contributed by atoms with Gasteiger partial charge in [-0.05, 0) is 53.8 Å². The van der Waals surface area contributed by atoms with Crippen molar-refractivity contribution in [2.75, 3.05) is 6.61 Å². The van der Waals surface area contributed by atoms with E-state index in [1.54, 1.807) is 17.6 Å². The number of aromatic nitrogens is 2. The molecular weight excluding hydrogens is 673 g/mol. The number of esters is 1. The van der Waals surface area contributed by atoms with Crippen LogP contribution in [-0.2, 0) is 16.1 Å². The third-order valence-electron chi connectivity index (χ3n) is 8.75. The van der Waals surface area contributed by atoms with Crippen molar-refractivity contribution in [3.63, 3.8) is 0 Å². The van der Waals surface area contributed by atoms with E-state index in [9.17, 15) is 9.59 Å². The van der Waals surface area contributed by atoms with Gasteiger partial charge >= 0.3 is 5.97 Å². The second-order valence-corrected chi connectivity index (χ2v) is 14.1. The van der Waals surface area contributed by atoms with Crippen LogP contribution in [0.15, 0.2) is 119 Å². The maximum absolute atomic E-state index is 14.5. The summed E-state index contributed by atoms with van der Waals surface area (Å²) in [5.41, 5.74) is 6.17. The SMILES string of the molecule is CCOC(=O)C1=C(c2ccccc2)N=c2s/c(=C\c3cn(Cc4ccc(Cl)cc4Cl)c4ccccc34)c(=O)n2[C@@H]1c1ccc(C(C)C)cc1. The number of hydrogen-bond donors (Lipinski definition) is 0. The summed E-state index contributed by atoms with van der Waals surface area (Å²) in [6.45, 7) is 6.77. The first-order valence-electron chi connectivity index (χ1n) is 16.1. The summed E-state index contributed by atoms with van der Waals surface area (Å²) in [5, 5.41) is 2.17. The predicted octanol–water partition coefficient (Wildman–Crippen LogP) is 8.37. The first-order chi connectivity index (χ1) is 23.7. The van der Waals surface area contributed by atoms with E-state index in [1.807, 2.05) is 85.1 Å². The van der Waals surface area contributed by atoms with Crippen molar-refractivity contribution in [1.29, 1.82) is 0 Å². The van der Waals surface area contributed by atoms with Crippen LogP contribution < -0.4 is 14.9 Å². The molecule has 6 aromatic rings. The van der Waals surface area contributed by atoms with Crippen molar-refractivity contribution < 1.29 is 9.53 Å². The van der Waals surface area contributed by atoms with Gasteiger partial charge in [0, 0.05) is 44.8 Å². The van der Waals surface area contributed by atoms with Crippen LogP contribution in [0, 0.1) is 0 Å². The number of ether oxygens (including phenoxy) is 1. The molecule has 0 saturated carbocycles. The average molecular weight is 707 g/mol. The molecule has 3 heterocycles. The molecule has 0 bridgehead atoms. The van der Waals surface area contributed by atoms with Gasteiger partial charge in [-0.1, -0.05) is 127 Å². The van der Waals surface area contributed by atoms with E-state index in [2.05, 4.69) is 36.6 Å². The second-order valence-electron chi connectivity index (χ2n) is 12.2. The number of para-hydroxylation sites is 1. The molecule has 0 fully saturated rings. The highest BCUT2D eigenvalue weighted by molar-refractivity contribution is 7.07. The molecule has 6 nitrogen and oxygen atoms in total. The largest absolute Gasteiger partial charge is 0.463 e. The third kappa shape index (κ3) is 6.30. The highest BCUT2D eigenvalue weighted by Crippen LogP contribution is 2.36. The molecular formula is C40H33Cl2N3O3S. The summed E-state index contributed by atoms with van der Waals surface area (Å²) < 4.78 is 9.90. The monoisotopic (exact) mass is 705 g/mol. The summed E-state index contributed by atoms with van der Waals surface area (Å²) in [6, 6.07) is 30.6. The first kappa shape index (κ1) is 32.8. The van der Waals surface area contributed by atoms with Crippen LogP contribution in [0.3, 0.4) is 0 Å². The van der Waals surface area contributed by atoms with Crippen molar-refractivity contribution in [2.45, 2.75) is 39.3 Å². The molecule has 1 atom stereocenters. The summed E-state index contributed by atoms with van der Waals surface area (Å²) in [7, 11) is 0. The molecule has 4 aromatic carbocycles. The van der Waals surface area contributed by atoms with E-state index >= 15 is 0 Å². The van der Waals surface area contributed by atoms with Gasteiger partial charge in [-0.25, -0.2) is 9.79 Å². The Balaban J connectivity index is 1.44. The zero-order valence-corrected chi connectivity index (χ0v) is 29.5. The Labute approximate surface area is 297 Å². The highest BCUT2D eigenvalue weighted by atomic mass is 35.5. The quantitative estimate of drug-likeness (QED) is 0.150. The Morgan fingerprint density at radius 1 is 0.980 bits per heavy atom. The van der Waals surface area contributed by atoms with E-state index in [-0.39, 0.29) is 12.2 Å². The fourth-order valence-corrected chi connectivity index (χ4v) is 7.77. The molecule has 2 aromatic heterocycles. The van der Waals surface area contributed by atoms with Crippen LogP contribution in [0.25, 0.3) is 22.7 Å². The first-order valence-corrected chi connectivity index (χ1v) is 17.7. The van der Waals surface area contributed by atoms with E-state index < -0.39 is 12.0 Å². The standard InChI is InChI=1S/C40H33Cl2N3O3S/c1-4-48-39(47)35-36(26-10-6-5-7-11-26)43-40-45(37(35)27-16-14-25(15-17-27)24(2)3)38(46)34(49-40)20-29-23-44(33-13-9-8-12-31(29)33)22-28-18-19-30(41)21-32(28)42/h5-21,23-24,37H,4,22H2,1-3H3/b34-20-/t37-/m1/s1. The molecule has 7 rings (SSSR count). The van der Waals surface area contributed by atoms with Gasteiger partial charge in [-0.15, -0.1) is 0 Å². The van der Waals surface area contributed by atoms with Gasteiger partial charge < -0.3 is 9.30 Å². The predicted molar refractivity (Wildman–Crippen MR) is 199 cm³/mol. The molecule has 49 heavy (non-hydrogen) atoms. The number of rotatable bonds is 8. The molecule has 1 aliphatic heterocycles. The Bertz CT molecular complexity index is 2420. The summed E-state index contributed by atoms with van der Waals surface area (Å²) in [4.78, 5) is 33.9. The lowest BCUT2D eigenvalue weighted by atomic mass is 9.91. The number of carbonyl (C=O) groups excluding carboxylic acids is 1. The Morgan fingerprint density at radius 2 is 1.71 bits per heavy atom. The van der Waals surface area contributed by atoms with Gasteiger partial charge in [0.05, 0.1) is 28.5 Å². The fraction of sp³-hybridized carbons (Fsp3) is 0.175. The molecule has 0 saturated heterocycles.